The maximum Gasteiger partial charge on any atom is 0.414 e. The molecule has 21 aromatic rings. The van der Waals surface area contributed by atoms with Gasteiger partial charge in [-0.1, -0.05) is 405 Å². The number of alkyl halides is 8. The molecule has 21 heteroatoms. The summed E-state index contributed by atoms with van der Waals surface area (Å²) >= 11 is 11.3. The van der Waals surface area contributed by atoms with Crippen LogP contribution < -0.4 is 47.7 Å². The van der Waals surface area contributed by atoms with Crippen molar-refractivity contribution in [2.45, 2.75) is 18.5 Å². The molecule has 0 aliphatic heterocycles. The second-order valence-corrected chi connectivity index (χ2v) is 47.1. The van der Waals surface area contributed by atoms with Crippen LogP contribution in [0.25, 0.3) is 129 Å². The molecular weight excluding hydrogens is 2010 g/mol. The van der Waals surface area contributed by atoms with E-state index in [4.69, 9.17) is 33.4 Å². The van der Waals surface area contributed by atoms with Crippen LogP contribution >= 0.6 is 80.7 Å². The Labute approximate surface area is 807 Å². The van der Waals surface area contributed by atoms with Crippen LogP contribution in [0.3, 0.4) is 0 Å². The van der Waals surface area contributed by atoms with Crippen LogP contribution in [0.2, 0.25) is 0 Å². The van der Waals surface area contributed by atoms with Gasteiger partial charge in [-0.3, -0.25) is 0 Å². The SMILES string of the molecule is ClCCl.O=P(c1ccccc1)(c1ccccc1)c1cc2c(ccc3c4ccccc4ccc32)c2ccccc12.O=P(c1ccccc1)(c1ccccc1)c1cc2c(ccc3c4ccccc4ccc32)c2ccccc12.O=P(c1ccccc1)(c1ccccc1)c1cc2c(ccc3c4ccccc4ccc32)c2ccccc12.O=[P+](P)I.OC(=[C-]C(O)C(F)(F)F)C(F)(F)F.[Eu]. The first-order valence-electron chi connectivity index (χ1n) is 40.5. The number of aliphatic hydroxyl groups excluding tert-OH is 2. The molecule has 0 fully saturated rings. The summed E-state index contributed by atoms with van der Waals surface area (Å²) in [6, 6.07) is 144. The summed E-state index contributed by atoms with van der Waals surface area (Å²) in [5.41, 5.74) is 0. The van der Waals surface area contributed by atoms with Crippen LogP contribution in [0.15, 0.2) is 424 Å². The predicted molar refractivity (Wildman–Crippen MR) is 543 cm³/mol. The Morgan fingerprint density at radius 2 is 0.465 bits per heavy atom. The van der Waals surface area contributed by atoms with Crippen LogP contribution in [0.4, 0.5) is 26.3 Å². The quantitative estimate of drug-likeness (QED) is 0.0269. The number of allylic oxidation sites excluding steroid dienone is 1. The molecule has 0 saturated carbocycles. The van der Waals surface area contributed by atoms with E-state index in [2.05, 4.69) is 227 Å². The van der Waals surface area contributed by atoms with Gasteiger partial charge in [0.05, 0.1) is 5.34 Å². The molecular formula is C108H76Cl2EuF6IO6P5. The Balaban J connectivity index is 0.000000134. The van der Waals surface area contributed by atoms with Gasteiger partial charge in [-0.15, -0.1) is 23.2 Å². The summed E-state index contributed by atoms with van der Waals surface area (Å²) in [6.07, 6.45) is -13.6. The predicted octanol–water partition coefficient (Wildman–Crippen LogP) is 28.9. The summed E-state index contributed by atoms with van der Waals surface area (Å²) in [4.78, 5) is 0. The molecule has 3 unspecified atom stereocenters. The largest absolute Gasteiger partial charge is 0.540 e. The molecule has 0 saturated heterocycles. The molecule has 3 atom stereocenters. The Morgan fingerprint density at radius 3 is 0.667 bits per heavy atom. The minimum atomic E-state index is -5.34. The maximum absolute atomic E-state index is 15.4. The Bertz CT molecular complexity index is 7110. The first kappa shape index (κ1) is 93.6. The number of halogens is 9. The average molecular weight is 2090 g/mol. The van der Waals surface area contributed by atoms with Gasteiger partial charge in [0.15, 0.2) is 21.4 Å². The molecule has 0 aliphatic carbocycles. The minimum absolute atomic E-state index is 0. The second-order valence-electron chi connectivity index (χ2n) is 30.1. The molecule has 0 aliphatic rings. The number of rotatable bonds is 10. The molecule has 21 rings (SSSR count). The first-order valence-corrected chi connectivity index (χ1v) is 52.4. The third-order valence-electron chi connectivity index (χ3n) is 22.8. The summed E-state index contributed by atoms with van der Waals surface area (Å²) in [5, 5.41) is 51.0. The molecule has 0 heterocycles. The molecule has 0 bridgehead atoms. The van der Waals surface area contributed by atoms with Crippen molar-refractivity contribution < 1.29 is 104 Å². The first-order chi connectivity index (χ1) is 61.9. The average Bonchev–Trinajstić information content (AvgIpc) is 0.727. The van der Waals surface area contributed by atoms with Crippen molar-refractivity contribution in [3.63, 3.8) is 0 Å². The summed E-state index contributed by atoms with van der Waals surface area (Å²) in [7, 11) is -7.30. The number of fused-ring (bicyclic) bond motifs is 21. The monoisotopic (exact) mass is 2090 g/mol. The molecule has 639 valence electrons. The van der Waals surface area contributed by atoms with E-state index in [1.807, 2.05) is 222 Å². The van der Waals surface area contributed by atoms with Gasteiger partial charge in [0, 0.05) is 109 Å². The number of hydrogen-bond acceptors (Lipinski definition) is 6. The fourth-order valence-electron chi connectivity index (χ4n) is 17.2. The van der Waals surface area contributed by atoms with Gasteiger partial charge >= 0.3 is 17.5 Å². The third-order valence-corrected chi connectivity index (χ3v) is 32.1. The second kappa shape index (κ2) is 40.7. The van der Waals surface area contributed by atoms with Gasteiger partial charge in [-0.25, -0.2) is 0 Å². The summed E-state index contributed by atoms with van der Waals surface area (Å²) in [6.45, 7) is 0. The molecule has 1 radical (unpaired) electrons. The molecule has 0 aromatic heterocycles. The van der Waals surface area contributed by atoms with E-state index in [9.17, 15) is 30.9 Å². The van der Waals surface area contributed by atoms with Gasteiger partial charge in [0.2, 0.25) is 0 Å². The van der Waals surface area contributed by atoms with Crippen molar-refractivity contribution >= 4 is 258 Å². The van der Waals surface area contributed by atoms with Gasteiger partial charge < -0.3 is 30.0 Å². The van der Waals surface area contributed by atoms with Crippen LogP contribution in [-0.4, -0.2) is 34.0 Å². The van der Waals surface area contributed by atoms with Gasteiger partial charge in [0.25, 0.3) is 22.0 Å². The Kier molecular flexibility index (Phi) is 29.6. The van der Waals surface area contributed by atoms with Gasteiger partial charge in [0.1, 0.15) is 8.93 Å². The standard InChI is InChI=1S/3C34H23OP.C5H3F6O2.CH2Cl2.Eu.H2IOP2/c3*35-36(25-12-3-1-4-13-25,26-14-5-2-6-15-26)34-23-33-30-20-19-24-11-7-8-16-27(24)29(30)21-22-31(33)28-17-9-10-18-32(28)34;6-4(7,8)2(12)1-3(13)5(9,10)11;2-1-3;;1-4(2)3/h3*1-23H;2,12-13H;1H2;;3H2/q;;;-1;;;+1. The van der Waals surface area contributed by atoms with Gasteiger partial charge in [-0.2, -0.15) is 26.3 Å². The Morgan fingerprint density at radius 1 is 0.302 bits per heavy atom. The summed E-state index contributed by atoms with van der Waals surface area (Å²) < 4.78 is 124. The van der Waals surface area contributed by atoms with Crippen molar-refractivity contribution in [3.8, 4) is 0 Å². The van der Waals surface area contributed by atoms with E-state index >= 15 is 13.7 Å². The molecule has 21 aromatic carbocycles. The van der Waals surface area contributed by atoms with E-state index < -0.39 is 50.8 Å². The van der Waals surface area contributed by atoms with Crippen LogP contribution in [0.1, 0.15) is 0 Å². The fraction of sp³-hybridized carbons (Fsp3) is 0.0370. The molecule has 0 amide bonds. The Hall–Kier alpha value is -10.1. The smallest absolute Gasteiger partial charge is 0.414 e. The van der Waals surface area contributed by atoms with E-state index in [1.165, 1.54) is 80.8 Å². The normalized spacial score (nSPS) is 12.3. The molecule has 6 nitrogen and oxygen atoms in total. The van der Waals surface area contributed by atoms with Crippen molar-refractivity contribution in [2.75, 3.05) is 5.34 Å². The topological polar surface area (TPSA) is 109 Å². The zero-order valence-electron chi connectivity index (χ0n) is 68.3. The van der Waals surface area contributed by atoms with Crippen molar-refractivity contribution in [3.05, 3.63) is 430 Å². The number of aliphatic hydroxyl groups is 2. The molecule has 129 heavy (non-hydrogen) atoms. The van der Waals surface area contributed by atoms with Crippen LogP contribution in [0.5, 0.6) is 0 Å². The van der Waals surface area contributed by atoms with E-state index in [-0.39, 0.29) is 54.7 Å². The number of benzene rings is 21. The van der Waals surface area contributed by atoms with E-state index in [0.717, 1.165) is 96.2 Å². The van der Waals surface area contributed by atoms with Crippen molar-refractivity contribution in [2.24, 2.45) is 0 Å². The zero-order chi connectivity index (χ0) is 89.5. The third kappa shape index (κ3) is 19.1. The molecule has 2 N–H and O–H groups in total. The summed E-state index contributed by atoms with van der Waals surface area (Å²) in [5.74, 6) is -2.60. The van der Waals surface area contributed by atoms with E-state index in [1.54, 1.807) is 0 Å². The van der Waals surface area contributed by atoms with Gasteiger partial charge in [-0.05, 0) is 147 Å². The molecule has 0 spiro atoms. The van der Waals surface area contributed by atoms with E-state index in [0.29, 0.717) is 6.08 Å². The van der Waals surface area contributed by atoms with Crippen molar-refractivity contribution in [1.29, 1.82) is 0 Å². The van der Waals surface area contributed by atoms with Crippen LogP contribution in [-0.2, 0) is 18.3 Å². The van der Waals surface area contributed by atoms with Crippen LogP contribution in [0, 0.1) is 55.5 Å². The number of hydrogen-bond donors (Lipinski definition) is 2. The van der Waals surface area contributed by atoms with Crippen molar-refractivity contribution in [1.82, 2.24) is 0 Å². The minimum Gasteiger partial charge on any atom is -0.540 e. The maximum atomic E-state index is 15.4. The fourth-order valence-corrected chi connectivity index (χ4v) is 25.8. The zero-order valence-corrected chi connectivity index (χ0v) is 79.1.